The van der Waals surface area contributed by atoms with Gasteiger partial charge in [-0.1, -0.05) is 31.2 Å². The van der Waals surface area contributed by atoms with Gasteiger partial charge in [0.05, 0.1) is 13.2 Å². The Kier molecular flexibility index (Phi) is 4.34. The Morgan fingerprint density at radius 3 is 2.37 bits per heavy atom. The van der Waals surface area contributed by atoms with Gasteiger partial charge in [-0.3, -0.25) is 14.5 Å². The van der Waals surface area contributed by atoms with E-state index in [1.54, 1.807) is 13.8 Å². The van der Waals surface area contributed by atoms with E-state index in [1.807, 2.05) is 0 Å². The zero-order chi connectivity index (χ0) is 19.4. The van der Waals surface area contributed by atoms with Gasteiger partial charge in [0.25, 0.3) is 0 Å². The summed E-state index contributed by atoms with van der Waals surface area (Å²) in [6.07, 6.45) is 2.24. The number of likely N-dealkylation sites (N-methyl/N-ethyl adjacent to an activating group) is 1. The van der Waals surface area contributed by atoms with Gasteiger partial charge in [0, 0.05) is 12.1 Å². The number of carbonyl (C=O) groups is 2. The van der Waals surface area contributed by atoms with E-state index in [2.05, 4.69) is 43.1 Å². The average Bonchev–Trinajstić information content (AvgIpc) is 2.65. The second-order valence-corrected chi connectivity index (χ2v) is 8.45. The molecule has 5 rings (SSSR count). The number of hydrogen-bond donors (Lipinski definition) is 0. The third kappa shape index (κ3) is 2.33. The fourth-order valence-corrected chi connectivity index (χ4v) is 6.12. The van der Waals surface area contributed by atoms with Crippen LogP contribution in [0.3, 0.4) is 0 Å². The molecule has 0 aromatic heterocycles. The molecule has 4 bridgehead atoms. The van der Waals surface area contributed by atoms with Crippen LogP contribution in [-0.2, 0) is 30.9 Å². The summed E-state index contributed by atoms with van der Waals surface area (Å²) in [4.78, 5) is 28.4. The molecule has 4 aliphatic rings. The zero-order valence-electron chi connectivity index (χ0n) is 16.7. The minimum absolute atomic E-state index is 0.0286. The number of piperidine rings is 2. The maximum Gasteiger partial charge on any atom is 0.325 e. The van der Waals surface area contributed by atoms with Crippen LogP contribution in [0.15, 0.2) is 24.3 Å². The maximum atomic E-state index is 13.1. The summed E-state index contributed by atoms with van der Waals surface area (Å²) in [5, 5.41) is 0. The molecule has 3 fully saturated rings. The van der Waals surface area contributed by atoms with Gasteiger partial charge in [0.2, 0.25) is 0 Å². The van der Waals surface area contributed by atoms with Gasteiger partial charge < -0.3 is 9.47 Å². The van der Waals surface area contributed by atoms with Gasteiger partial charge in [0.1, 0.15) is 0 Å². The second-order valence-electron chi connectivity index (χ2n) is 8.45. The molecule has 0 spiro atoms. The van der Waals surface area contributed by atoms with Crippen LogP contribution >= 0.6 is 0 Å². The largest absolute Gasteiger partial charge is 0.465 e. The lowest BCUT2D eigenvalue weighted by Crippen LogP contribution is -2.74. The lowest BCUT2D eigenvalue weighted by Gasteiger charge is -2.66. The summed E-state index contributed by atoms with van der Waals surface area (Å²) in [6, 6.07) is 8.77. The molecule has 1 aromatic rings. The van der Waals surface area contributed by atoms with Crippen molar-refractivity contribution in [1.82, 2.24) is 4.90 Å². The van der Waals surface area contributed by atoms with Crippen molar-refractivity contribution in [3.8, 4) is 0 Å². The fourth-order valence-electron chi connectivity index (χ4n) is 6.12. The van der Waals surface area contributed by atoms with Crippen LogP contribution in [0.1, 0.15) is 44.7 Å². The molecule has 2 aliphatic carbocycles. The molecule has 1 saturated carbocycles. The normalized spacial score (nSPS) is 33.3. The first kappa shape index (κ1) is 18.5. The van der Waals surface area contributed by atoms with Crippen LogP contribution in [-0.4, -0.2) is 49.2 Å². The van der Waals surface area contributed by atoms with Crippen molar-refractivity contribution in [3.05, 3.63) is 35.4 Å². The summed E-state index contributed by atoms with van der Waals surface area (Å²) in [6.45, 7) is 6.42. The number of esters is 2. The number of hydrogen-bond acceptors (Lipinski definition) is 5. The highest BCUT2D eigenvalue weighted by atomic mass is 16.6. The van der Waals surface area contributed by atoms with E-state index in [1.165, 1.54) is 11.1 Å². The van der Waals surface area contributed by atoms with Crippen LogP contribution in [0.5, 0.6) is 0 Å². The highest BCUT2D eigenvalue weighted by molar-refractivity contribution is 6.01. The van der Waals surface area contributed by atoms with E-state index in [0.29, 0.717) is 12.5 Å². The highest BCUT2D eigenvalue weighted by Crippen LogP contribution is 2.61. The summed E-state index contributed by atoms with van der Waals surface area (Å²) >= 11 is 0. The Bertz CT molecular complexity index is 757. The van der Waals surface area contributed by atoms with Crippen LogP contribution in [0, 0.1) is 11.3 Å². The molecule has 27 heavy (non-hydrogen) atoms. The first-order chi connectivity index (χ1) is 12.9. The van der Waals surface area contributed by atoms with Gasteiger partial charge >= 0.3 is 11.9 Å². The zero-order valence-corrected chi connectivity index (χ0v) is 16.7. The first-order valence-corrected chi connectivity index (χ1v) is 10.0. The van der Waals surface area contributed by atoms with Gasteiger partial charge in [0.15, 0.2) is 5.41 Å². The average molecular weight is 371 g/mol. The monoisotopic (exact) mass is 371 g/mol. The van der Waals surface area contributed by atoms with E-state index < -0.39 is 17.4 Å². The predicted molar refractivity (Wildman–Crippen MR) is 101 cm³/mol. The molecule has 4 atom stereocenters. The predicted octanol–water partition coefficient (Wildman–Crippen LogP) is 2.71. The number of benzene rings is 1. The van der Waals surface area contributed by atoms with Crippen LogP contribution in [0.25, 0.3) is 0 Å². The van der Waals surface area contributed by atoms with Crippen molar-refractivity contribution in [2.45, 2.75) is 57.5 Å². The SMILES string of the molecule is CCOC(=O)C1(C(=O)OCC)CC2C3Cc4ccccc4C2(C)CC1N3C. The number of fused-ring (bicyclic) bond motifs is 2. The first-order valence-electron chi connectivity index (χ1n) is 10.0. The van der Waals surface area contributed by atoms with Crippen molar-refractivity contribution >= 4 is 11.9 Å². The number of carbonyl (C=O) groups excluding carboxylic acids is 2. The molecule has 1 aromatic carbocycles. The molecule has 0 amide bonds. The van der Waals surface area contributed by atoms with Crippen molar-refractivity contribution in [2.75, 3.05) is 20.3 Å². The van der Waals surface area contributed by atoms with Crippen LogP contribution < -0.4 is 0 Å². The Morgan fingerprint density at radius 1 is 1.11 bits per heavy atom. The van der Waals surface area contributed by atoms with E-state index in [4.69, 9.17) is 9.47 Å². The Labute approximate surface area is 161 Å². The molecule has 0 N–H and O–H groups in total. The van der Waals surface area contributed by atoms with Crippen molar-refractivity contribution in [3.63, 3.8) is 0 Å². The second kappa shape index (κ2) is 6.33. The number of nitrogens with zero attached hydrogens (tertiary/aromatic N) is 1. The minimum Gasteiger partial charge on any atom is -0.465 e. The van der Waals surface area contributed by atoms with Crippen molar-refractivity contribution in [2.24, 2.45) is 11.3 Å². The van der Waals surface area contributed by atoms with Gasteiger partial charge in [-0.15, -0.1) is 0 Å². The Morgan fingerprint density at radius 2 is 1.74 bits per heavy atom. The van der Waals surface area contributed by atoms with Crippen molar-refractivity contribution in [1.29, 1.82) is 0 Å². The summed E-state index contributed by atoms with van der Waals surface area (Å²) in [5.74, 6) is -0.615. The van der Waals surface area contributed by atoms with E-state index in [0.717, 1.165) is 12.8 Å². The van der Waals surface area contributed by atoms with E-state index in [9.17, 15) is 9.59 Å². The maximum absolute atomic E-state index is 13.1. The molecule has 2 heterocycles. The third-order valence-electron chi connectivity index (χ3n) is 7.37. The summed E-state index contributed by atoms with van der Waals surface area (Å²) in [5.41, 5.74) is 1.53. The molecule has 4 unspecified atom stereocenters. The molecule has 5 nitrogen and oxygen atoms in total. The Balaban J connectivity index is 1.82. The third-order valence-corrected chi connectivity index (χ3v) is 7.37. The van der Waals surface area contributed by atoms with E-state index in [-0.39, 0.29) is 30.6 Å². The van der Waals surface area contributed by atoms with E-state index >= 15 is 0 Å². The fraction of sp³-hybridized carbons (Fsp3) is 0.636. The number of ether oxygens (including phenoxy) is 2. The molecule has 2 aliphatic heterocycles. The topological polar surface area (TPSA) is 55.8 Å². The molecule has 146 valence electrons. The summed E-state index contributed by atoms with van der Waals surface area (Å²) < 4.78 is 10.8. The molecule has 0 radical (unpaired) electrons. The highest BCUT2D eigenvalue weighted by Gasteiger charge is 2.70. The Hall–Kier alpha value is -1.88. The quantitative estimate of drug-likeness (QED) is 0.602. The minimum atomic E-state index is -1.21. The number of rotatable bonds is 4. The smallest absolute Gasteiger partial charge is 0.325 e. The van der Waals surface area contributed by atoms with Crippen LogP contribution in [0.2, 0.25) is 0 Å². The molecule has 5 heteroatoms. The van der Waals surface area contributed by atoms with Gasteiger partial charge in [-0.2, -0.15) is 0 Å². The lowest BCUT2D eigenvalue weighted by molar-refractivity contribution is -0.201. The van der Waals surface area contributed by atoms with Crippen molar-refractivity contribution < 1.29 is 19.1 Å². The molecular weight excluding hydrogens is 342 g/mol. The van der Waals surface area contributed by atoms with Crippen LogP contribution in [0.4, 0.5) is 0 Å². The lowest BCUT2D eigenvalue weighted by atomic mass is 9.46. The van der Waals surface area contributed by atoms with Gasteiger partial charge in [-0.25, -0.2) is 0 Å². The summed E-state index contributed by atoms with van der Waals surface area (Å²) in [7, 11) is 2.06. The van der Waals surface area contributed by atoms with Gasteiger partial charge in [-0.05, 0) is 62.6 Å². The standard InChI is InChI=1S/C22H29NO4/c1-5-26-19(24)22(20(25)27-6-2)12-16-17-11-14-9-7-8-10-15(14)21(16,3)13-18(22)23(17)4/h7-10,16-18H,5-6,11-13H2,1-4H3. The molecular formula is C22H29NO4. The molecule has 2 saturated heterocycles.